The molecule has 0 spiro atoms. The zero-order valence-corrected chi connectivity index (χ0v) is 7.40. The maximum absolute atomic E-state index is 5.40. The van der Waals surface area contributed by atoms with E-state index in [0.717, 1.165) is 18.1 Å². The lowest BCUT2D eigenvalue weighted by Gasteiger charge is -2.20. The summed E-state index contributed by atoms with van der Waals surface area (Å²) in [7, 11) is 0. The van der Waals surface area contributed by atoms with E-state index in [1.54, 1.807) is 0 Å². The number of aromatic nitrogens is 3. The number of rotatable bonds is 1. The molecule has 2 rings (SSSR count). The number of nitrogens with one attached hydrogen (secondary N) is 2. The predicted molar refractivity (Wildman–Crippen MR) is 48.9 cm³/mol. The molecule has 1 fully saturated rings. The van der Waals surface area contributed by atoms with Crippen LogP contribution in [0.2, 0.25) is 0 Å². The number of nitrogens with zero attached hydrogens (tertiary/aromatic N) is 2. The lowest BCUT2D eigenvalue weighted by atomic mass is 10.3. The van der Waals surface area contributed by atoms with E-state index in [-0.39, 0.29) is 6.04 Å². The summed E-state index contributed by atoms with van der Waals surface area (Å²) < 4.78 is 0. The van der Waals surface area contributed by atoms with Gasteiger partial charge in [-0.25, -0.2) is 0 Å². The Morgan fingerprint density at radius 1 is 1.58 bits per heavy atom. The van der Waals surface area contributed by atoms with E-state index in [0.29, 0.717) is 5.95 Å². The van der Waals surface area contributed by atoms with Crippen LogP contribution in [-0.2, 0) is 0 Å². The first kappa shape index (κ1) is 7.88. The molecule has 0 aliphatic carbocycles. The highest BCUT2D eigenvalue weighted by Crippen LogP contribution is 2.18. The first-order chi connectivity index (χ1) is 5.86. The van der Waals surface area contributed by atoms with Crippen molar-refractivity contribution in [2.75, 3.05) is 23.8 Å². The van der Waals surface area contributed by atoms with Gasteiger partial charge in [0.2, 0.25) is 5.95 Å². The van der Waals surface area contributed by atoms with Crippen molar-refractivity contribution >= 4 is 17.7 Å². The molecule has 0 radical (unpaired) electrons. The molecule has 1 saturated heterocycles. The minimum Gasteiger partial charge on any atom is -0.367 e. The summed E-state index contributed by atoms with van der Waals surface area (Å²) >= 11 is 1.92. The van der Waals surface area contributed by atoms with E-state index >= 15 is 0 Å². The number of H-pyrrole nitrogens is 1. The SMILES string of the molecule is Nc1n[nH]c(C2CSCCN2)n1. The molecular formula is C6H11N5S. The second-order valence-corrected chi connectivity index (χ2v) is 3.81. The average molecular weight is 185 g/mol. The van der Waals surface area contributed by atoms with E-state index in [1.807, 2.05) is 11.8 Å². The summed E-state index contributed by atoms with van der Waals surface area (Å²) in [5, 5.41) is 9.94. The fraction of sp³-hybridized carbons (Fsp3) is 0.667. The third-order valence-electron chi connectivity index (χ3n) is 1.77. The maximum atomic E-state index is 5.40. The van der Waals surface area contributed by atoms with Crippen LogP contribution in [-0.4, -0.2) is 33.2 Å². The molecule has 1 aromatic heterocycles. The zero-order valence-electron chi connectivity index (χ0n) is 6.58. The van der Waals surface area contributed by atoms with Gasteiger partial charge in [-0.05, 0) is 0 Å². The van der Waals surface area contributed by atoms with Gasteiger partial charge in [0.05, 0.1) is 6.04 Å². The summed E-state index contributed by atoms with van der Waals surface area (Å²) in [6, 6.07) is 0.286. The molecule has 0 amide bonds. The Labute approximate surface area is 74.5 Å². The van der Waals surface area contributed by atoms with Crippen LogP contribution in [0.15, 0.2) is 0 Å². The average Bonchev–Trinajstić information content (AvgIpc) is 2.54. The first-order valence-electron chi connectivity index (χ1n) is 3.85. The van der Waals surface area contributed by atoms with Gasteiger partial charge in [0.1, 0.15) is 5.82 Å². The monoisotopic (exact) mass is 185 g/mol. The molecule has 1 aromatic rings. The lowest BCUT2D eigenvalue weighted by Crippen LogP contribution is -2.31. The van der Waals surface area contributed by atoms with Gasteiger partial charge in [-0.15, -0.1) is 5.10 Å². The van der Waals surface area contributed by atoms with Gasteiger partial charge in [-0.1, -0.05) is 0 Å². The van der Waals surface area contributed by atoms with Gasteiger partial charge >= 0.3 is 0 Å². The molecule has 0 bridgehead atoms. The summed E-state index contributed by atoms with van der Waals surface area (Å²) in [5.74, 6) is 3.37. The van der Waals surface area contributed by atoms with Crippen LogP contribution in [0.3, 0.4) is 0 Å². The quantitative estimate of drug-likeness (QED) is 0.563. The Hall–Kier alpha value is -0.750. The molecule has 1 unspecified atom stereocenters. The van der Waals surface area contributed by atoms with Gasteiger partial charge in [-0.3, -0.25) is 5.10 Å². The van der Waals surface area contributed by atoms with E-state index in [9.17, 15) is 0 Å². The molecule has 1 aliphatic heterocycles. The largest absolute Gasteiger partial charge is 0.367 e. The highest BCUT2D eigenvalue weighted by atomic mass is 32.2. The highest BCUT2D eigenvalue weighted by Gasteiger charge is 2.17. The summed E-state index contributed by atoms with van der Waals surface area (Å²) in [6.07, 6.45) is 0. The van der Waals surface area contributed by atoms with E-state index in [1.165, 1.54) is 5.75 Å². The van der Waals surface area contributed by atoms with Crippen molar-refractivity contribution in [2.45, 2.75) is 6.04 Å². The van der Waals surface area contributed by atoms with E-state index < -0.39 is 0 Å². The second-order valence-electron chi connectivity index (χ2n) is 2.66. The fourth-order valence-corrected chi connectivity index (χ4v) is 2.13. The zero-order chi connectivity index (χ0) is 8.39. The van der Waals surface area contributed by atoms with Crippen LogP contribution < -0.4 is 11.1 Å². The molecule has 6 heteroatoms. The number of nitrogen functional groups attached to an aromatic ring is 1. The molecule has 5 nitrogen and oxygen atoms in total. The predicted octanol–water partition coefficient (Wildman–Crippen LogP) is -0.236. The van der Waals surface area contributed by atoms with Crippen molar-refractivity contribution in [1.29, 1.82) is 0 Å². The van der Waals surface area contributed by atoms with Crippen LogP contribution in [0.25, 0.3) is 0 Å². The van der Waals surface area contributed by atoms with E-state index in [2.05, 4.69) is 20.5 Å². The minimum atomic E-state index is 0.286. The summed E-state index contributed by atoms with van der Waals surface area (Å²) in [5.41, 5.74) is 5.40. The van der Waals surface area contributed by atoms with Crippen LogP contribution in [0.4, 0.5) is 5.95 Å². The van der Waals surface area contributed by atoms with Crippen LogP contribution in [0, 0.1) is 0 Å². The van der Waals surface area contributed by atoms with Gasteiger partial charge in [-0.2, -0.15) is 16.7 Å². The molecule has 1 atom stereocenters. The minimum absolute atomic E-state index is 0.286. The van der Waals surface area contributed by atoms with Crippen LogP contribution in [0.5, 0.6) is 0 Å². The Balaban J connectivity index is 2.08. The van der Waals surface area contributed by atoms with Gasteiger partial charge in [0.15, 0.2) is 0 Å². The summed E-state index contributed by atoms with van der Waals surface area (Å²) in [4.78, 5) is 4.07. The maximum Gasteiger partial charge on any atom is 0.239 e. The fourth-order valence-electron chi connectivity index (χ4n) is 1.18. The lowest BCUT2D eigenvalue weighted by molar-refractivity contribution is 0.566. The van der Waals surface area contributed by atoms with Gasteiger partial charge in [0, 0.05) is 18.1 Å². The van der Waals surface area contributed by atoms with E-state index in [4.69, 9.17) is 5.73 Å². The number of hydrogen-bond donors (Lipinski definition) is 3. The van der Waals surface area contributed by atoms with Crippen molar-refractivity contribution in [3.8, 4) is 0 Å². The number of thioether (sulfide) groups is 1. The first-order valence-corrected chi connectivity index (χ1v) is 5.00. The van der Waals surface area contributed by atoms with Crippen molar-refractivity contribution in [3.05, 3.63) is 5.82 Å². The standard InChI is InChI=1S/C6H11N5S/c7-6-9-5(10-11-6)4-3-12-2-1-8-4/h4,8H,1-3H2,(H3,7,9,10,11). The molecule has 1 aliphatic rings. The Morgan fingerprint density at radius 2 is 2.50 bits per heavy atom. The number of anilines is 1. The number of hydrogen-bond acceptors (Lipinski definition) is 5. The summed E-state index contributed by atoms with van der Waals surface area (Å²) in [6.45, 7) is 1.02. The third kappa shape index (κ3) is 1.54. The molecule has 0 aromatic carbocycles. The van der Waals surface area contributed by atoms with Crippen molar-refractivity contribution in [3.63, 3.8) is 0 Å². The molecule has 0 saturated carbocycles. The highest BCUT2D eigenvalue weighted by molar-refractivity contribution is 7.99. The Morgan fingerprint density at radius 3 is 3.08 bits per heavy atom. The Kier molecular flexibility index (Phi) is 2.18. The Bertz CT molecular complexity index is 254. The van der Waals surface area contributed by atoms with Crippen LogP contribution in [0.1, 0.15) is 11.9 Å². The second kappa shape index (κ2) is 3.32. The number of aromatic amines is 1. The van der Waals surface area contributed by atoms with Crippen LogP contribution >= 0.6 is 11.8 Å². The molecule has 66 valence electrons. The number of nitrogens with two attached hydrogens (primary N) is 1. The molecule has 12 heavy (non-hydrogen) atoms. The van der Waals surface area contributed by atoms with Gasteiger partial charge in [0.25, 0.3) is 0 Å². The molecular weight excluding hydrogens is 174 g/mol. The van der Waals surface area contributed by atoms with Crippen molar-refractivity contribution in [2.24, 2.45) is 0 Å². The molecule has 2 heterocycles. The van der Waals surface area contributed by atoms with Gasteiger partial charge < -0.3 is 11.1 Å². The normalized spacial score (nSPS) is 24.2. The third-order valence-corrected chi connectivity index (χ3v) is 2.83. The van der Waals surface area contributed by atoms with Crippen molar-refractivity contribution < 1.29 is 0 Å². The smallest absolute Gasteiger partial charge is 0.239 e. The topological polar surface area (TPSA) is 79.6 Å². The molecule has 4 N–H and O–H groups in total. The van der Waals surface area contributed by atoms with Crippen molar-refractivity contribution in [1.82, 2.24) is 20.5 Å².